The minimum atomic E-state index is 0.298. The fourth-order valence-corrected chi connectivity index (χ4v) is 1.51. The summed E-state index contributed by atoms with van der Waals surface area (Å²) in [5.41, 5.74) is 6.91. The van der Waals surface area contributed by atoms with Crippen LogP contribution in [0, 0.1) is 0 Å². The van der Waals surface area contributed by atoms with Crippen LogP contribution in [0.25, 0.3) is 10.9 Å². The van der Waals surface area contributed by atoms with E-state index in [0.717, 1.165) is 10.9 Å². The summed E-state index contributed by atoms with van der Waals surface area (Å²) in [4.78, 5) is 4.58. The number of hydrogen-bond donors (Lipinski definition) is 1. The van der Waals surface area contributed by atoms with Crippen LogP contribution in [0.1, 0.15) is 5.69 Å². The second-order valence-corrected chi connectivity index (χ2v) is 3.77. The summed E-state index contributed by atoms with van der Waals surface area (Å²) in [6.45, 7) is 0. The first-order valence-corrected chi connectivity index (χ1v) is 4.81. The van der Waals surface area contributed by atoms with Gasteiger partial charge >= 0.3 is 0 Å². The monoisotopic (exact) mass is 222 g/mol. The SMILES string of the molecule is NC(=S)c1ccc2ccc(Cl)cc2n1. The average Bonchev–Trinajstić information content (AvgIpc) is 2.16. The molecule has 0 bridgehead atoms. The second kappa shape index (κ2) is 3.52. The Morgan fingerprint density at radius 1 is 1.29 bits per heavy atom. The number of hydrogen-bond acceptors (Lipinski definition) is 2. The van der Waals surface area contributed by atoms with Crippen molar-refractivity contribution in [1.82, 2.24) is 4.98 Å². The number of rotatable bonds is 1. The van der Waals surface area contributed by atoms with Crippen molar-refractivity contribution in [2.45, 2.75) is 0 Å². The van der Waals surface area contributed by atoms with Gasteiger partial charge in [-0.15, -0.1) is 0 Å². The summed E-state index contributed by atoms with van der Waals surface area (Å²) >= 11 is 10.7. The molecule has 0 atom stereocenters. The predicted molar refractivity (Wildman–Crippen MR) is 62.6 cm³/mol. The third-order valence-corrected chi connectivity index (χ3v) is 2.35. The van der Waals surface area contributed by atoms with Gasteiger partial charge < -0.3 is 5.73 Å². The molecule has 0 saturated carbocycles. The number of thiocarbonyl (C=S) groups is 1. The maximum Gasteiger partial charge on any atom is 0.122 e. The molecule has 0 spiro atoms. The largest absolute Gasteiger partial charge is 0.388 e. The molecule has 2 aromatic rings. The van der Waals surface area contributed by atoms with Gasteiger partial charge in [-0.2, -0.15) is 0 Å². The van der Waals surface area contributed by atoms with Gasteiger partial charge in [0.2, 0.25) is 0 Å². The number of nitrogens with zero attached hydrogens (tertiary/aromatic N) is 1. The fourth-order valence-electron chi connectivity index (χ4n) is 1.23. The molecule has 14 heavy (non-hydrogen) atoms. The highest BCUT2D eigenvalue weighted by Gasteiger charge is 2.00. The van der Waals surface area contributed by atoms with Gasteiger partial charge in [0.25, 0.3) is 0 Å². The van der Waals surface area contributed by atoms with Crippen molar-refractivity contribution in [3.8, 4) is 0 Å². The summed E-state index contributed by atoms with van der Waals surface area (Å²) in [6, 6.07) is 9.25. The van der Waals surface area contributed by atoms with E-state index in [-0.39, 0.29) is 0 Å². The van der Waals surface area contributed by atoms with Gasteiger partial charge in [-0.25, -0.2) is 4.98 Å². The van der Waals surface area contributed by atoms with Crippen LogP contribution < -0.4 is 5.73 Å². The number of nitrogens with two attached hydrogens (primary N) is 1. The van der Waals surface area contributed by atoms with Crippen molar-refractivity contribution >= 4 is 39.7 Å². The zero-order chi connectivity index (χ0) is 10.1. The Hall–Kier alpha value is -1.19. The van der Waals surface area contributed by atoms with E-state index in [1.165, 1.54) is 0 Å². The smallest absolute Gasteiger partial charge is 0.122 e. The van der Waals surface area contributed by atoms with Gasteiger partial charge in [0.1, 0.15) is 4.99 Å². The fraction of sp³-hybridized carbons (Fsp3) is 0. The number of aromatic nitrogens is 1. The van der Waals surface area contributed by atoms with Crippen molar-refractivity contribution < 1.29 is 0 Å². The lowest BCUT2D eigenvalue weighted by atomic mass is 10.2. The Morgan fingerprint density at radius 2 is 2.00 bits per heavy atom. The van der Waals surface area contributed by atoms with Gasteiger partial charge in [0.15, 0.2) is 0 Å². The first-order valence-electron chi connectivity index (χ1n) is 4.03. The minimum Gasteiger partial charge on any atom is -0.388 e. The first-order chi connectivity index (χ1) is 6.66. The topological polar surface area (TPSA) is 38.9 Å². The van der Waals surface area contributed by atoms with Crippen molar-refractivity contribution in [2.24, 2.45) is 5.73 Å². The molecule has 0 unspecified atom stereocenters. The first kappa shape index (κ1) is 9.37. The van der Waals surface area contributed by atoms with Crippen molar-refractivity contribution in [3.63, 3.8) is 0 Å². The van der Waals surface area contributed by atoms with E-state index >= 15 is 0 Å². The zero-order valence-electron chi connectivity index (χ0n) is 7.20. The molecule has 0 saturated heterocycles. The van der Waals surface area contributed by atoms with E-state index in [4.69, 9.17) is 29.6 Å². The van der Waals surface area contributed by atoms with Gasteiger partial charge in [-0.1, -0.05) is 36.0 Å². The summed E-state index contributed by atoms with van der Waals surface area (Å²) in [5.74, 6) is 0. The maximum absolute atomic E-state index is 5.85. The van der Waals surface area contributed by atoms with Crippen LogP contribution in [0.3, 0.4) is 0 Å². The van der Waals surface area contributed by atoms with E-state index < -0.39 is 0 Å². The molecule has 0 aliphatic rings. The van der Waals surface area contributed by atoms with E-state index in [1.54, 1.807) is 12.1 Å². The van der Waals surface area contributed by atoms with Crippen molar-refractivity contribution in [2.75, 3.05) is 0 Å². The molecule has 0 radical (unpaired) electrons. The summed E-state index contributed by atoms with van der Waals surface area (Å²) < 4.78 is 0. The lowest BCUT2D eigenvalue weighted by Gasteiger charge is -2.00. The molecule has 0 aliphatic carbocycles. The summed E-state index contributed by atoms with van der Waals surface area (Å²) in [6.07, 6.45) is 0. The van der Waals surface area contributed by atoms with Gasteiger partial charge in [-0.3, -0.25) is 0 Å². The maximum atomic E-state index is 5.85. The third kappa shape index (κ3) is 1.69. The average molecular weight is 223 g/mol. The Bertz CT molecular complexity index is 510. The molecule has 4 heteroatoms. The molecule has 0 amide bonds. The molecule has 0 aliphatic heterocycles. The number of fused-ring (bicyclic) bond motifs is 1. The minimum absolute atomic E-state index is 0.298. The van der Waals surface area contributed by atoms with Crippen LogP contribution in [-0.2, 0) is 0 Å². The number of halogens is 1. The van der Waals surface area contributed by atoms with Crippen molar-refractivity contribution in [1.29, 1.82) is 0 Å². The third-order valence-electron chi connectivity index (χ3n) is 1.91. The second-order valence-electron chi connectivity index (χ2n) is 2.90. The molecule has 1 heterocycles. The molecule has 2 N–H and O–H groups in total. The predicted octanol–water partition coefficient (Wildman–Crippen LogP) is 2.52. The molecule has 2 nitrogen and oxygen atoms in total. The number of benzene rings is 1. The molecule has 70 valence electrons. The molecule has 0 fully saturated rings. The van der Waals surface area contributed by atoms with Crippen molar-refractivity contribution in [3.05, 3.63) is 41.0 Å². The van der Waals surface area contributed by atoms with Gasteiger partial charge in [0, 0.05) is 10.4 Å². The lowest BCUT2D eigenvalue weighted by Crippen LogP contribution is -2.11. The van der Waals surface area contributed by atoms with Crippen LogP contribution >= 0.6 is 23.8 Å². The quantitative estimate of drug-likeness (QED) is 0.754. The molecular weight excluding hydrogens is 216 g/mol. The van der Waals surface area contributed by atoms with E-state index in [0.29, 0.717) is 15.7 Å². The highest BCUT2D eigenvalue weighted by molar-refractivity contribution is 7.80. The van der Waals surface area contributed by atoms with Crippen LogP contribution in [-0.4, -0.2) is 9.97 Å². The Labute approximate surface area is 91.7 Å². The highest BCUT2D eigenvalue weighted by Crippen LogP contribution is 2.17. The van der Waals surface area contributed by atoms with E-state index in [2.05, 4.69) is 4.98 Å². The van der Waals surface area contributed by atoms with Crippen LogP contribution in [0.2, 0.25) is 5.02 Å². The standard InChI is InChI=1S/C10H7ClN2S/c11-7-3-1-6-2-4-8(10(12)14)13-9(6)5-7/h1-5H,(H2,12,14). The molecule has 1 aromatic heterocycles. The van der Waals surface area contributed by atoms with Gasteiger partial charge in [-0.05, 0) is 18.2 Å². The van der Waals surface area contributed by atoms with Crippen LogP contribution in [0.4, 0.5) is 0 Å². The lowest BCUT2D eigenvalue weighted by molar-refractivity contribution is 1.36. The van der Waals surface area contributed by atoms with Gasteiger partial charge in [0.05, 0.1) is 11.2 Å². The summed E-state index contributed by atoms with van der Waals surface area (Å²) in [7, 11) is 0. The van der Waals surface area contributed by atoms with Crippen LogP contribution in [0.15, 0.2) is 30.3 Å². The highest BCUT2D eigenvalue weighted by atomic mass is 35.5. The molecular formula is C10H7ClN2S. The Morgan fingerprint density at radius 3 is 2.71 bits per heavy atom. The Balaban J connectivity index is 2.69. The molecule has 1 aromatic carbocycles. The van der Waals surface area contributed by atoms with E-state index in [1.807, 2.05) is 18.2 Å². The number of pyridine rings is 1. The normalized spacial score (nSPS) is 10.4. The molecule has 2 rings (SSSR count). The zero-order valence-corrected chi connectivity index (χ0v) is 8.77. The van der Waals surface area contributed by atoms with Crippen LogP contribution in [0.5, 0.6) is 0 Å². The van der Waals surface area contributed by atoms with E-state index in [9.17, 15) is 0 Å². The Kier molecular flexibility index (Phi) is 2.35. The summed E-state index contributed by atoms with van der Waals surface area (Å²) in [5, 5.41) is 1.68.